The van der Waals surface area contributed by atoms with Crippen LogP contribution in [0.5, 0.6) is 5.75 Å². The average molecular weight is 1320 g/mol. The maximum absolute atomic E-state index is 11.5. The molecule has 7 aromatic rings. The minimum Gasteiger partial charge on any atom is -0.496 e. The van der Waals surface area contributed by atoms with Crippen molar-refractivity contribution in [1.82, 2.24) is 14.5 Å². The second kappa shape index (κ2) is 35.5. The molecule has 0 spiro atoms. The van der Waals surface area contributed by atoms with E-state index in [2.05, 4.69) is 258 Å². The quantitative estimate of drug-likeness (QED) is 0.106. The number of hydrogen-bond donors (Lipinski definition) is 4. The van der Waals surface area contributed by atoms with Gasteiger partial charge < -0.3 is 40.4 Å². The molecule has 13 nitrogen and oxygen atoms in total. The van der Waals surface area contributed by atoms with Crippen molar-refractivity contribution in [3.8, 4) is 11.4 Å². The van der Waals surface area contributed by atoms with Crippen molar-refractivity contribution in [2.45, 2.75) is 218 Å². The molecule has 1 saturated heterocycles. The molecule has 1 aliphatic heterocycles. The lowest BCUT2D eigenvalue weighted by Gasteiger charge is -2.34. The third-order valence-electron chi connectivity index (χ3n) is 16.7. The van der Waals surface area contributed by atoms with Gasteiger partial charge in [0.05, 0.1) is 19.1 Å². The van der Waals surface area contributed by atoms with Gasteiger partial charge in [0.15, 0.2) is 0 Å². The molecular weight excluding hydrogens is 1200 g/mol. The standard InChI is InChI=1S/C16H26N2O.C15H20N2.C14H19NO.C14H21NO.C13H19NO.C12H17NO/c1-16(2,3)14-7-6-13(12-15(14)19-5)18-10-8-17(4)9-11-18;1-11-6-13(15(3,4)5)8-14(7-11)17-9-12(2)16-10-17;1-14(2,3)11-6-8-12(9-7-11)15-13(16)10-4-5-10;1-10(2)13(16)15-12-8-6-11(7-9-12)14(3,4)5;1-5-12(15)14-11-8-6-10(7-9-11)13(2,3)4;1-9(14)13-11-7-5-10(6-8-11)12(2,3)4/h6-7,12H,8-11H2,1-5H3;6-10H,1-5H3;6-10H,4-5H2,1-3H3,(H,15,16);6-10H,1-5H3,(H,15,16);6-9H,5H2,1-4H3,(H,14,15);5-8H,1-4H3,(H,13,14). The Hall–Kier alpha value is -8.03. The highest BCUT2D eigenvalue weighted by Gasteiger charge is 2.30. The summed E-state index contributed by atoms with van der Waals surface area (Å²) in [5.74, 6) is 1.53. The lowest BCUT2D eigenvalue weighted by atomic mass is 9.86. The van der Waals surface area contributed by atoms with Crippen LogP contribution in [0.25, 0.3) is 5.69 Å². The summed E-state index contributed by atoms with van der Waals surface area (Å²) in [4.78, 5) is 54.1. The molecule has 9 rings (SSSR count). The molecule has 4 N–H and O–H groups in total. The van der Waals surface area contributed by atoms with Gasteiger partial charge >= 0.3 is 0 Å². The van der Waals surface area contributed by atoms with Gasteiger partial charge in [0.25, 0.3) is 0 Å². The van der Waals surface area contributed by atoms with E-state index >= 15 is 0 Å². The average Bonchev–Trinajstić information content (AvgIpc) is 1.84. The first-order chi connectivity index (χ1) is 44.9. The van der Waals surface area contributed by atoms with Crippen LogP contribution in [0.2, 0.25) is 0 Å². The van der Waals surface area contributed by atoms with E-state index in [0.29, 0.717) is 6.42 Å². The van der Waals surface area contributed by atoms with Crippen molar-refractivity contribution in [3.05, 3.63) is 191 Å². The Morgan fingerprint density at radius 3 is 1.27 bits per heavy atom. The van der Waals surface area contributed by atoms with Gasteiger partial charge in [0, 0.05) is 97.7 Å². The number of methoxy groups -OCH3 is 1. The van der Waals surface area contributed by atoms with E-state index in [4.69, 9.17) is 4.74 Å². The fraction of sp³-hybridized carbons (Fsp3) is 0.488. The summed E-state index contributed by atoms with van der Waals surface area (Å²) in [6, 6.07) is 45.5. The second-order valence-electron chi connectivity index (χ2n) is 32.5. The van der Waals surface area contributed by atoms with Gasteiger partial charge in [-0.25, -0.2) is 4.98 Å². The summed E-state index contributed by atoms with van der Waals surface area (Å²) in [6.45, 7) is 55.2. The van der Waals surface area contributed by atoms with Crippen molar-refractivity contribution in [1.29, 1.82) is 0 Å². The van der Waals surface area contributed by atoms with Gasteiger partial charge in [-0.05, 0) is 172 Å². The fourth-order valence-electron chi connectivity index (χ4n) is 10.0. The Labute approximate surface area is 585 Å². The summed E-state index contributed by atoms with van der Waals surface area (Å²) >= 11 is 0. The molecule has 97 heavy (non-hydrogen) atoms. The molecule has 2 heterocycles. The first-order valence-corrected chi connectivity index (χ1v) is 34.7. The van der Waals surface area contributed by atoms with Crippen LogP contribution < -0.4 is 30.9 Å². The number of ether oxygens (including phenoxy) is 1. The van der Waals surface area contributed by atoms with Crippen LogP contribution in [0, 0.1) is 25.7 Å². The maximum atomic E-state index is 11.5. The molecule has 6 aromatic carbocycles. The van der Waals surface area contributed by atoms with Crippen molar-refractivity contribution >= 4 is 52.1 Å². The number of carbonyl (C=O) groups excluding carboxylic acids is 4. The minimum atomic E-state index is -0.0338. The predicted molar refractivity (Wildman–Crippen MR) is 412 cm³/mol. The number of imidazole rings is 1. The molecule has 0 radical (unpaired) electrons. The number of carbonyl (C=O) groups is 4. The summed E-state index contributed by atoms with van der Waals surface area (Å²) in [5.41, 5.74) is 17.0. The number of aryl methyl sites for hydroxylation is 2. The van der Waals surface area contributed by atoms with Gasteiger partial charge in [-0.3, -0.25) is 19.2 Å². The monoisotopic (exact) mass is 1320 g/mol. The van der Waals surface area contributed by atoms with E-state index in [0.717, 1.165) is 73.2 Å². The number of likely N-dealkylation sites (N-methyl/N-ethyl adjacent to an activating group) is 1. The highest BCUT2D eigenvalue weighted by molar-refractivity contribution is 5.94. The van der Waals surface area contributed by atoms with Crippen molar-refractivity contribution < 1.29 is 23.9 Å². The highest BCUT2D eigenvalue weighted by Crippen LogP contribution is 2.36. The fourth-order valence-corrected chi connectivity index (χ4v) is 10.0. The number of aromatic nitrogens is 2. The number of piperazine rings is 1. The molecule has 1 aromatic heterocycles. The lowest BCUT2D eigenvalue weighted by molar-refractivity contribution is -0.119. The molecule has 2 aliphatic rings. The Balaban J connectivity index is 0.000000248. The van der Waals surface area contributed by atoms with Crippen LogP contribution in [-0.2, 0) is 51.7 Å². The number of amides is 4. The molecule has 13 heteroatoms. The third kappa shape index (κ3) is 28.5. The molecule has 0 atom stereocenters. The zero-order chi connectivity index (χ0) is 73.0. The Morgan fingerprint density at radius 1 is 0.505 bits per heavy atom. The van der Waals surface area contributed by atoms with E-state index in [1.165, 1.54) is 57.2 Å². The van der Waals surface area contributed by atoms with Crippen LogP contribution in [0.1, 0.15) is 216 Å². The Kier molecular flexibility index (Phi) is 29.8. The third-order valence-corrected chi connectivity index (χ3v) is 16.7. The topological polar surface area (TPSA) is 150 Å². The van der Waals surface area contributed by atoms with Crippen molar-refractivity contribution in [3.63, 3.8) is 0 Å². The number of nitrogens with one attached hydrogen (secondary N) is 4. The minimum absolute atomic E-state index is 0.0160. The molecule has 4 amide bonds. The first kappa shape index (κ1) is 81.4. The van der Waals surface area contributed by atoms with E-state index in [1.807, 2.05) is 94.7 Å². The van der Waals surface area contributed by atoms with E-state index in [1.54, 1.807) is 7.11 Å². The van der Waals surface area contributed by atoms with Crippen LogP contribution in [0.4, 0.5) is 28.4 Å². The Morgan fingerprint density at radius 2 is 0.918 bits per heavy atom. The number of benzene rings is 6. The van der Waals surface area contributed by atoms with E-state index < -0.39 is 0 Å². The molecule has 2 fully saturated rings. The van der Waals surface area contributed by atoms with Gasteiger partial charge in [0.2, 0.25) is 23.6 Å². The number of hydrogen-bond acceptors (Lipinski definition) is 8. The SMILES string of the molecule is CC(=O)Nc1ccc(C(C)(C)C)cc1.CC(C)(C)c1ccc(NC(=O)C2CC2)cc1.CC(C)C(=O)Nc1ccc(C(C)(C)C)cc1.CCC(=O)Nc1ccc(C(C)(C)C)cc1.COc1cc(N2CCN(C)CC2)ccc1C(C)(C)C.Cc1cc(-n2cnc(C)c2)cc(C(C)(C)C)c1. The van der Waals surface area contributed by atoms with Crippen LogP contribution in [0.3, 0.4) is 0 Å². The maximum Gasteiger partial charge on any atom is 0.227 e. The summed E-state index contributed by atoms with van der Waals surface area (Å²) in [6.07, 6.45) is 6.54. The van der Waals surface area contributed by atoms with Crippen molar-refractivity contribution in [2.75, 3.05) is 66.5 Å². The van der Waals surface area contributed by atoms with Gasteiger partial charge in [0.1, 0.15) is 5.75 Å². The summed E-state index contributed by atoms with van der Waals surface area (Å²) < 4.78 is 7.67. The van der Waals surface area contributed by atoms with Crippen LogP contribution in [-0.4, -0.2) is 78.4 Å². The zero-order valence-electron chi connectivity index (χ0n) is 64.3. The van der Waals surface area contributed by atoms with Gasteiger partial charge in [-0.2, -0.15) is 0 Å². The number of nitrogens with zero attached hydrogens (tertiary/aromatic N) is 4. The van der Waals surface area contributed by atoms with Crippen molar-refractivity contribution in [2.24, 2.45) is 11.8 Å². The second-order valence-corrected chi connectivity index (χ2v) is 32.5. The first-order valence-electron chi connectivity index (χ1n) is 34.7. The molecule has 0 unspecified atom stereocenters. The van der Waals surface area contributed by atoms with Gasteiger partial charge in [-0.1, -0.05) is 206 Å². The van der Waals surface area contributed by atoms with Crippen LogP contribution in [0.15, 0.2) is 146 Å². The summed E-state index contributed by atoms with van der Waals surface area (Å²) in [7, 11) is 3.94. The zero-order valence-corrected chi connectivity index (χ0v) is 64.3. The molecule has 1 aliphatic carbocycles. The normalized spacial score (nSPS) is 13.4. The summed E-state index contributed by atoms with van der Waals surface area (Å²) in [5, 5.41) is 11.4. The van der Waals surface area contributed by atoms with Crippen LogP contribution >= 0.6 is 0 Å². The van der Waals surface area contributed by atoms with E-state index in [-0.39, 0.29) is 68.0 Å². The molecule has 528 valence electrons. The van der Waals surface area contributed by atoms with E-state index in [9.17, 15) is 19.2 Å². The van der Waals surface area contributed by atoms with Gasteiger partial charge in [-0.15, -0.1) is 0 Å². The molecule has 0 bridgehead atoms. The lowest BCUT2D eigenvalue weighted by Crippen LogP contribution is -2.44. The number of anilines is 5. The molecular formula is C84H122N8O5. The predicted octanol–water partition coefficient (Wildman–Crippen LogP) is 19.7. The largest absolute Gasteiger partial charge is 0.496 e. The smallest absolute Gasteiger partial charge is 0.227 e. The highest BCUT2D eigenvalue weighted by atomic mass is 16.5. The Bertz CT molecular complexity index is 3520. The molecule has 1 saturated carbocycles. The number of rotatable bonds is 10.